The topological polar surface area (TPSA) is 83.2 Å². The first-order valence-corrected chi connectivity index (χ1v) is 14.0. The maximum absolute atomic E-state index is 14.3. The molecule has 1 aromatic carbocycles. The van der Waals surface area contributed by atoms with Gasteiger partial charge in [-0.2, -0.15) is 18.3 Å². The van der Waals surface area contributed by atoms with Crippen LogP contribution in [0.2, 0.25) is 0 Å². The number of ether oxygens (including phenoxy) is 1. The Labute approximate surface area is 241 Å². The van der Waals surface area contributed by atoms with Crippen LogP contribution in [0.3, 0.4) is 0 Å². The number of nitrogens with zero attached hydrogens (tertiary/aromatic N) is 5. The van der Waals surface area contributed by atoms with E-state index in [0.29, 0.717) is 22.4 Å². The minimum absolute atomic E-state index is 0.0193. The van der Waals surface area contributed by atoms with E-state index in [1.54, 1.807) is 40.5 Å². The monoisotopic (exact) mass is 589 g/mol. The smallest absolute Gasteiger partial charge is 0.433 e. The summed E-state index contributed by atoms with van der Waals surface area (Å²) in [6.07, 6.45) is -3.58. The Morgan fingerprint density at radius 3 is 2.39 bits per heavy atom. The first-order valence-electron chi connectivity index (χ1n) is 13.1. The van der Waals surface area contributed by atoms with Crippen molar-refractivity contribution in [3.63, 3.8) is 0 Å². The number of carbonyl (C=O) groups is 1. The summed E-state index contributed by atoms with van der Waals surface area (Å²) in [6.45, 7) is 7.66. The van der Waals surface area contributed by atoms with Gasteiger partial charge in [-0.3, -0.25) is 9.69 Å². The zero-order chi connectivity index (χ0) is 30.1. The summed E-state index contributed by atoms with van der Waals surface area (Å²) in [5.41, 5.74) is 0.402. The van der Waals surface area contributed by atoms with Crippen LogP contribution in [0.15, 0.2) is 41.9 Å². The molecule has 3 aromatic heterocycles. The molecule has 3 heterocycles. The summed E-state index contributed by atoms with van der Waals surface area (Å²) >= 11 is 1.56. The number of aliphatic hydroxyl groups excluding tert-OH is 1. The number of thiophene rings is 1. The van der Waals surface area contributed by atoms with Gasteiger partial charge >= 0.3 is 6.18 Å². The molecule has 0 radical (unpaired) electrons. The minimum Gasteiger partial charge on any atom is -0.497 e. The number of hydrogen-bond donors (Lipinski definition) is 1. The van der Waals surface area contributed by atoms with Crippen molar-refractivity contribution in [3.05, 3.63) is 69.2 Å². The molecular formula is C29H34F3N5O3S. The highest BCUT2D eigenvalue weighted by Gasteiger charge is 2.39. The average molecular weight is 590 g/mol. The molecule has 0 aliphatic carbocycles. The van der Waals surface area contributed by atoms with E-state index in [-0.39, 0.29) is 47.7 Å². The highest BCUT2D eigenvalue weighted by atomic mass is 32.1. The third-order valence-electron chi connectivity index (χ3n) is 7.11. The van der Waals surface area contributed by atoms with Crippen LogP contribution in [0.5, 0.6) is 5.75 Å². The maximum atomic E-state index is 14.3. The zero-order valence-corrected chi connectivity index (χ0v) is 24.7. The summed E-state index contributed by atoms with van der Waals surface area (Å²) in [5.74, 6) is 0.0833. The molecule has 0 aliphatic heterocycles. The van der Waals surface area contributed by atoms with Gasteiger partial charge < -0.3 is 14.7 Å². The van der Waals surface area contributed by atoms with Crippen LogP contribution in [0, 0.1) is 13.8 Å². The third kappa shape index (κ3) is 6.24. The van der Waals surface area contributed by atoms with Crippen LogP contribution in [0.25, 0.3) is 16.9 Å². The number of methoxy groups -OCH3 is 1. The van der Waals surface area contributed by atoms with Crippen LogP contribution in [-0.4, -0.2) is 75.3 Å². The Kier molecular flexibility index (Phi) is 9.05. The number of aromatic nitrogens is 3. The quantitative estimate of drug-likeness (QED) is 0.259. The third-order valence-corrected chi connectivity index (χ3v) is 8.26. The minimum atomic E-state index is -4.74. The number of likely N-dealkylation sites (N-methyl/N-ethyl adjacent to an activating group) is 1. The molecule has 4 rings (SSSR count). The summed E-state index contributed by atoms with van der Waals surface area (Å²) in [4.78, 5) is 22.9. The molecule has 0 fully saturated rings. The lowest BCUT2D eigenvalue weighted by Crippen LogP contribution is -2.42. The van der Waals surface area contributed by atoms with Crippen molar-refractivity contribution < 1.29 is 27.8 Å². The second-order valence-corrected chi connectivity index (χ2v) is 11.2. The summed E-state index contributed by atoms with van der Waals surface area (Å²) < 4.78 is 48.9. The molecule has 0 aliphatic rings. The lowest BCUT2D eigenvalue weighted by atomic mass is 10.0. The van der Waals surface area contributed by atoms with Gasteiger partial charge in [0.25, 0.3) is 5.91 Å². The van der Waals surface area contributed by atoms with Crippen LogP contribution in [0.4, 0.5) is 13.2 Å². The van der Waals surface area contributed by atoms with E-state index in [2.05, 4.69) is 10.1 Å². The maximum Gasteiger partial charge on any atom is 0.433 e. The van der Waals surface area contributed by atoms with Gasteiger partial charge in [-0.1, -0.05) is 0 Å². The van der Waals surface area contributed by atoms with Crippen LogP contribution < -0.4 is 4.74 Å². The Balaban J connectivity index is 1.71. The molecular weight excluding hydrogens is 555 g/mol. The Bertz CT molecular complexity index is 1510. The fourth-order valence-electron chi connectivity index (χ4n) is 4.83. The van der Waals surface area contributed by atoms with Gasteiger partial charge in [-0.25, -0.2) is 9.50 Å². The second-order valence-electron chi connectivity index (χ2n) is 10.3. The second kappa shape index (κ2) is 12.2. The van der Waals surface area contributed by atoms with E-state index in [4.69, 9.17) is 4.74 Å². The van der Waals surface area contributed by atoms with Gasteiger partial charge in [-0.15, -0.1) is 11.3 Å². The van der Waals surface area contributed by atoms with Gasteiger partial charge in [-0.05, 0) is 76.0 Å². The number of carbonyl (C=O) groups excluding carboxylic acids is 1. The number of amides is 1. The van der Waals surface area contributed by atoms with Gasteiger partial charge in [0.15, 0.2) is 11.3 Å². The number of benzene rings is 1. The number of aliphatic hydroxyl groups is 1. The van der Waals surface area contributed by atoms with Crippen LogP contribution in [0.1, 0.15) is 51.9 Å². The van der Waals surface area contributed by atoms with Crippen molar-refractivity contribution in [2.45, 2.75) is 46.0 Å². The highest BCUT2D eigenvalue weighted by Crippen LogP contribution is 2.37. The Morgan fingerprint density at radius 1 is 1.17 bits per heavy atom. The van der Waals surface area contributed by atoms with Crippen molar-refractivity contribution >= 4 is 22.9 Å². The number of fused-ring (bicyclic) bond motifs is 1. The fraction of sp³-hybridized carbons (Fsp3) is 0.414. The van der Waals surface area contributed by atoms with Gasteiger partial charge in [0.2, 0.25) is 0 Å². The molecule has 0 saturated heterocycles. The standard InChI is InChI=1S/C29H34F3N5O3S/c1-17(2)36(12-11-35(5)23(15-38)24-13-18(3)16-41-24)28(39)22-14-33-37-26(29(30,31)32)19(4)25(34-27(22)37)20-7-9-21(40-6)10-8-20/h7-10,13-14,16-17,23,38H,11-12,15H2,1-6H3/t23-/m0/s1. The molecule has 1 N–H and O–H groups in total. The lowest BCUT2D eigenvalue weighted by molar-refractivity contribution is -0.143. The predicted octanol–water partition coefficient (Wildman–Crippen LogP) is 5.62. The molecule has 1 atom stereocenters. The first-order chi connectivity index (χ1) is 19.4. The van der Waals surface area contributed by atoms with Crippen molar-refractivity contribution in [1.82, 2.24) is 24.4 Å². The number of halogens is 3. The van der Waals surface area contributed by atoms with E-state index < -0.39 is 17.8 Å². The van der Waals surface area contributed by atoms with Crippen LogP contribution >= 0.6 is 11.3 Å². The molecule has 8 nitrogen and oxygen atoms in total. The van der Waals surface area contributed by atoms with E-state index in [1.807, 2.05) is 44.2 Å². The Morgan fingerprint density at radius 2 is 1.85 bits per heavy atom. The fourth-order valence-corrected chi connectivity index (χ4v) is 5.89. The normalized spacial score (nSPS) is 12.9. The molecule has 0 spiro atoms. The van der Waals surface area contributed by atoms with Crippen molar-refractivity contribution in [1.29, 1.82) is 0 Å². The largest absolute Gasteiger partial charge is 0.497 e. The molecule has 41 heavy (non-hydrogen) atoms. The van der Waals surface area contributed by atoms with E-state index in [0.717, 1.165) is 16.6 Å². The molecule has 4 aromatic rings. The van der Waals surface area contributed by atoms with Gasteiger partial charge in [0.05, 0.1) is 31.6 Å². The zero-order valence-electron chi connectivity index (χ0n) is 23.9. The summed E-state index contributed by atoms with van der Waals surface area (Å²) in [5, 5.41) is 16.0. The highest BCUT2D eigenvalue weighted by molar-refractivity contribution is 7.10. The average Bonchev–Trinajstić information content (AvgIpc) is 3.53. The summed E-state index contributed by atoms with van der Waals surface area (Å²) in [7, 11) is 3.37. The first kappa shape index (κ1) is 30.5. The molecule has 0 bridgehead atoms. The van der Waals surface area contributed by atoms with E-state index in [9.17, 15) is 23.1 Å². The number of alkyl halides is 3. The SMILES string of the molecule is COc1ccc(-c2nc3c(C(=O)N(CCN(C)[C@@H](CO)c4cc(C)cs4)C(C)C)cnn3c(C(F)(F)F)c2C)cc1. The van der Waals surface area contributed by atoms with E-state index in [1.165, 1.54) is 14.0 Å². The predicted molar refractivity (Wildman–Crippen MR) is 152 cm³/mol. The summed E-state index contributed by atoms with van der Waals surface area (Å²) in [6, 6.07) is 8.09. The number of rotatable bonds is 10. The molecule has 1 amide bonds. The van der Waals surface area contributed by atoms with Gasteiger partial charge in [0, 0.05) is 35.1 Å². The lowest BCUT2D eigenvalue weighted by Gasteiger charge is -2.31. The molecule has 0 unspecified atom stereocenters. The van der Waals surface area contributed by atoms with E-state index >= 15 is 0 Å². The van der Waals surface area contributed by atoms with Crippen molar-refractivity contribution in [2.24, 2.45) is 0 Å². The molecule has 220 valence electrons. The number of aryl methyl sites for hydroxylation is 1. The molecule has 0 saturated carbocycles. The Hall–Kier alpha value is -3.48. The van der Waals surface area contributed by atoms with Crippen LogP contribution in [-0.2, 0) is 6.18 Å². The number of hydrogen-bond acceptors (Lipinski definition) is 7. The van der Waals surface area contributed by atoms with Crippen molar-refractivity contribution in [3.8, 4) is 17.0 Å². The van der Waals surface area contributed by atoms with Gasteiger partial charge in [0.1, 0.15) is 11.3 Å². The molecule has 12 heteroatoms. The van der Waals surface area contributed by atoms with Crippen molar-refractivity contribution in [2.75, 3.05) is 33.9 Å².